The van der Waals surface area contributed by atoms with Crippen molar-refractivity contribution in [1.82, 2.24) is 4.98 Å². The van der Waals surface area contributed by atoms with E-state index in [0.717, 1.165) is 5.92 Å². The zero-order valence-corrected chi connectivity index (χ0v) is 5.96. The summed E-state index contributed by atoms with van der Waals surface area (Å²) in [6.07, 6.45) is 5.96. The molecule has 10 heavy (non-hydrogen) atoms. The molecule has 0 aromatic carbocycles. The number of nitrogens with zero attached hydrogens (tertiary/aromatic N) is 1. The minimum Gasteiger partial charge on any atom is -0.261 e. The van der Waals surface area contributed by atoms with Gasteiger partial charge in [0.2, 0.25) is 0 Å². The van der Waals surface area contributed by atoms with Crippen LogP contribution in [0.5, 0.6) is 0 Å². The summed E-state index contributed by atoms with van der Waals surface area (Å²) in [5, 5.41) is 0. The first-order chi connectivity index (χ1) is 4.97. The first-order valence-electron chi connectivity index (χ1n) is 3.88. The van der Waals surface area contributed by atoms with E-state index >= 15 is 0 Å². The molecular formula is C9H11N. The molecule has 1 fully saturated rings. The van der Waals surface area contributed by atoms with Crippen LogP contribution in [0.1, 0.15) is 30.9 Å². The van der Waals surface area contributed by atoms with Gasteiger partial charge in [0.25, 0.3) is 0 Å². The molecule has 0 bridgehead atoms. The Morgan fingerprint density at radius 2 is 2.20 bits per heavy atom. The third kappa shape index (κ3) is 0.919. The number of hydrogen-bond acceptors (Lipinski definition) is 1. The number of aromatic nitrogens is 1. The number of hydrogen-bond donors (Lipinski definition) is 0. The highest BCUT2D eigenvalue weighted by Gasteiger charge is 2.19. The van der Waals surface area contributed by atoms with Crippen LogP contribution in [0.2, 0.25) is 0 Å². The molecule has 1 aliphatic carbocycles. The van der Waals surface area contributed by atoms with E-state index in [1.807, 2.05) is 12.3 Å². The highest BCUT2D eigenvalue weighted by atomic mass is 14.7. The van der Waals surface area contributed by atoms with E-state index in [4.69, 9.17) is 0 Å². The fourth-order valence-electron chi connectivity index (χ4n) is 1.32. The SMILES string of the molecule is c1ccc(C2CCC2)nc1. The van der Waals surface area contributed by atoms with E-state index < -0.39 is 0 Å². The van der Waals surface area contributed by atoms with Crippen LogP contribution in [-0.2, 0) is 0 Å². The van der Waals surface area contributed by atoms with Crippen LogP contribution in [0.4, 0.5) is 0 Å². The van der Waals surface area contributed by atoms with Crippen molar-refractivity contribution in [2.24, 2.45) is 0 Å². The van der Waals surface area contributed by atoms with Gasteiger partial charge in [0.15, 0.2) is 0 Å². The molecule has 0 atom stereocenters. The summed E-state index contributed by atoms with van der Waals surface area (Å²) in [7, 11) is 0. The highest BCUT2D eigenvalue weighted by Crippen LogP contribution is 2.34. The summed E-state index contributed by atoms with van der Waals surface area (Å²) >= 11 is 0. The Labute approximate surface area is 61.1 Å². The van der Waals surface area contributed by atoms with E-state index in [2.05, 4.69) is 17.1 Å². The maximum atomic E-state index is 4.30. The zero-order valence-electron chi connectivity index (χ0n) is 5.96. The average Bonchev–Trinajstić information content (AvgIpc) is 1.86. The Hall–Kier alpha value is -0.850. The van der Waals surface area contributed by atoms with Crippen molar-refractivity contribution in [3.05, 3.63) is 30.1 Å². The molecule has 1 aromatic heterocycles. The Bertz CT molecular complexity index is 201. The second kappa shape index (κ2) is 2.41. The molecule has 1 aliphatic rings. The second-order valence-corrected chi connectivity index (χ2v) is 2.88. The molecule has 1 nitrogen and oxygen atoms in total. The van der Waals surface area contributed by atoms with Crippen LogP contribution >= 0.6 is 0 Å². The van der Waals surface area contributed by atoms with E-state index in [1.165, 1.54) is 25.0 Å². The van der Waals surface area contributed by atoms with Gasteiger partial charge in [-0.25, -0.2) is 0 Å². The van der Waals surface area contributed by atoms with Gasteiger partial charge in [0.05, 0.1) is 0 Å². The van der Waals surface area contributed by atoms with Crippen LogP contribution < -0.4 is 0 Å². The molecule has 0 radical (unpaired) electrons. The van der Waals surface area contributed by atoms with Gasteiger partial charge in [-0.15, -0.1) is 0 Å². The van der Waals surface area contributed by atoms with Crippen molar-refractivity contribution in [1.29, 1.82) is 0 Å². The minimum absolute atomic E-state index is 0.779. The van der Waals surface area contributed by atoms with Crippen molar-refractivity contribution in [3.8, 4) is 0 Å². The second-order valence-electron chi connectivity index (χ2n) is 2.88. The molecule has 0 unspecified atom stereocenters. The first kappa shape index (κ1) is 5.90. The van der Waals surface area contributed by atoms with Crippen LogP contribution in [0.15, 0.2) is 24.4 Å². The molecule has 1 saturated carbocycles. The molecule has 0 N–H and O–H groups in total. The lowest BCUT2D eigenvalue weighted by molar-refractivity contribution is 0.411. The van der Waals surface area contributed by atoms with Crippen molar-refractivity contribution in [2.75, 3.05) is 0 Å². The van der Waals surface area contributed by atoms with E-state index in [9.17, 15) is 0 Å². The smallest absolute Gasteiger partial charge is 0.0434 e. The normalized spacial score (nSPS) is 18.4. The van der Waals surface area contributed by atoms with Crippen molar-refractivity contribution in [2.45, 2.75) is 25.2 Å². The van der Waals surface area contributed by atoms with Gasteiger partial charge in [0, 0.05) is 17.8 Å². The fourth-order valence-corrected chi connectivity index (χ4v) is 1.32. The molecule has 0 saturated heterocycles. The summed E-state index contributed by atoms with van der Waals surface area (Å²) in [4.78, 5) is 4.30. The molecule has 0 spiro atoms. The zero-order chi connectivity index (χ0) is 6.81. The van der Waals surface area contributed by atoms with Gasteiger partial charge in [0.1, 0.15) is 0 Å². The lowest BCUT2D eigenvalue weighted by Crippen LogP contribution is -2.09. The topological polar surface area (TPSA) is 12.9 Å². The Morgan fingerprint density at radius 1 is 1.30 bits per heavy atom. The first-order valence-corrected chi connectivity index (χ1v) is 3.88. The average molecular weight is 133 g/mol. The third-order valence-corrected chi connectivity index (χ3v) is 2.21. The van der Waals surface area contributed by atoms with Crippen LogP contribution in [0.25, 0.3) is 0 Å². The van der Waals surface area contributed by atoms with Crippen molar-refractivity contribution in [3.63, 3.8) is 0 Å². The predicted molar refractivity (Wildman–Crippen MR) is 40.8 cm³/mol. The molecule has 2 rings (SSSR count). The van der Waals surface area contributed by atoms with Crippen molar-refractivity contribution >= 4 is 0 Å². The highest BCUT2D eigenvalue weighted by molar-refractivity contribution is 5.11. The lowest BCUT2D eigenvalue weighted by Gasteiger charge is -2.24. The Morgan fingerprint density at radius 3 is 2.70 bits per heavy atom. The molecule has 52 valence electrons. The number of rotatable bonds is 1. The largest absolute Gasteiger partial charge is 0.261 e. The molecule has 0 amide bonds. The summed E-state index contributed by atoms with van der Waals surface area (Å²) in [5.41, 5.74) is 1.29. The molecular weight excluding hydrogens is 122 g/mol. The Balaban J connectivity index is 2.18. The van der Waals surface area contributed by atoms with Gasteiger partial charge in [-0.3, -0.25) is 4.98 Å². The summed E-state index contributed by atoms with van der Waals surface area (Å²) in [6.45, 7) is 0. The molecule has 1 aromatic rings. The van der Waals surface area contributed by atoms with E-state index in [1.54, 1.807) is 0 Å². The van der Waals surface area contributed by atoms with Crippen LogP contribution in [0, 0.1) is 0 Å². The Kier molecular flexibility index (Phi) is 1.42. The minimum atomic E-state index is 0.779. The third-order valence-electron chi connectivity index (χ3n) is 2.21. The molecule has 0 aliphatic heterocycles. The summed E-state index contributed by atoms with van der Waals surface area (Å²) in [6, 6.07) is 6.17. The molecule has 1 heterocycles. The van der Waals surface area contributed by atoms with Crippen LogP contribution in [-0.4, -0.2) is 4.98 Å². The van der Waals surface area contributed by atoms with Gasteiger partial charge in [-0.2, -0.15) is 0 Å². The van der Waals surface area contributed by atoms with E-state index in [-0.39, 0.29) is 0 Å². The fraction of sp³-hybridized carbons (Fsp3) is 0.444. The van der Waals surface area contributed by atoms with Crippen molar-refractivity contribution < 1.29 is 0 Å². The maximum absolute atomic E-state index is 4.30. The van der Waals surface area contributed by atoms with Gasteiger partial charge in [-0.1, -0.05) is 12.5 Å². The standard InChI is InChI=1S/C9H11N/c1-2-7-10-9(6-1)8-4-3-5-8/h1-2,6-8H,3-5H2. The lowest BCUT2D eigenvalue weighted by atomic mass is 9.83. The summed E-state index contributed by atoms with van der Waals surface area (Å²) in [5.74, 6) is 0.779. The van der Waals surface area contributed by atoms with E-state index in [0.29, 0.717) is 0 Å². The van der Waals surface area contributed by atoms with Gasteiger partial charge < -0.3 is 0 Å². The van der Waals surface area contributed by atoms with Gasteiger partial charge >= 0.3 is 0 Å². The van der Waals surface area contributed by atoms with Gasteiger partial charge in [-0.05, 0) is 25.0 Å². The number of pyridine rings is 1. The maximum Gasteiger partial charge on any atom is 0.0434 e. The monoisotopic (exact) mass is 133 g/mol. The molecule has 1 heteroatoms. The summed E-state index contributed by atoms with van der Waals surface area (Å²) < 4.78 is 0. The quantitative estimate of drug-likeness (QED) is 0.573. The van der Waals surface area contributed by atoms with Crippen LogP contribution in [0.3, 0.4) is 0 Å². The predicted octanol–water partition coefficient (Wildman–Crippen LogP) is 2.35.